The lowest BCUT2D eigenvalue weighted by Crippen LogP contribution is -2.57. The average Bonchev–Trinajstić information content (AvgIpc) is 2.88. The summed E-state index contributed by atoms with van der Waals surface area (Å²) in [6, 6.07) is 8.43. The third-order valence-electron chi connectivity index (χ3n) is 4.49. The van der Waals surface area contributed by atoms with E-state index in [0.29, 0.717) is 6.61 Å². The summed E-state index contributed by atoms with van der Waals surface area (Å²) in [7, 11) is 0. The molecule has 0 unspecified atom stereocenters. The minimum Gasteiger partial charge on any atom is -0.464 e. The number of morpholine rings is 1. The van der Waals surface area contributed by atoms with Gasteiger partial charge in [-0.15, -0.1) is 0 Å². The van der Waals surface area contributed by atoms with Crippen LogP contribution in [0.2, 0.25) is 0 Å². The normalized spacial score (nSPS) is 27.3. The highest BCUT2D eigenvalue weighted by Gasteiger charge is 2.37. The Bertz CT molecular complexity index is 632. The van der Waals surface area contributed by atoms with Gasteiger partial charge in [0.15, 0.2) is 0 Å². The van der Waals surface area contributed by atoms with Crippen LogP contribution in [-0.4, -0.2) is 56.5 Å². The van der Waals surface area contributed by atoms with E-state index in [-0.39, 0.29) is 5.60 Å². The molecule has 1 aromatic heterocycles. The summed E-state index contributed by atoms with van der Waals surface area (Å²) in [5.41, 5.74) is 2.06. The standard InChI is InChI=1S/C17H22N2O3/c1-2-16-15(3-6-21-16)9-14(1)10-19-5-8-22-17(12-19)11-18-4-7-20-13-17/h1-3,6,9,18H,4-5,7-8,10-13H2/t17-/m0/s1. The summed E-state index contributed by atoms with van der Waals surface area (Å²) in [5, 5.41) is 4.59. The van der Waals surface area contributed by atoms with Gasteiger partial charge in [0.1, 0.15) is 11.2 Å². The van der Waals surface area contributed by atoms with Crippen LogP contribution in [0.1, 0.15) is 5.56 Å². The van der Waals surface area contributed by atoms with Crippen molar-refractivity contribution in [1.29, 1.82) is 0 Å². The van der Waals surface area contributed by atoms with E-state index in [2.05, 4.69) is 28.4 Å². The van der Waals surface area contributed by atoms with Crippen LogP contribution in [0.25, 0.3) is 11.0 Å². The first-order chi connectivity index (χ1) is 10.8. The van der Waals surface area contributed by atoms with E-state index >= 15 is 0 Å². The van der Waals surface area contributed by atoms with Crippen LogP contribution in [0.4, 0.5) is 0 Å². The number of nitrogens with one attached hydrogen (secondary N) is 1. The number of benzene rings is 1. The fraction of sp³-hybridized carbons (Fsp3) is 0.529. The van der Waals surface area contributed by atoms with Crippen molar-refractivity contribution in [2.75, 3.05) is 46.0 Å². The number of ether oxygens (including phenoxy) is 2. The lowest BCUT2D eigenvalue weighted by atomic mass is 10.0. The van der Waals surface area contributed by atoms with E-state index in [0.717, 1.165) is 51.5 Å². The minimum atomic E-state index is -0.200. The van der Waals surface area contributed by atoms with Crippen molar-refractivity contribution in [3.63, 3.8) is 0 Å². The quantitative estimate of drug-likeness (QED) is 0.913. The Morgan fingerprint density at radius 2 is 2.23 bits per heavy atom. The van der Waals surface area contributed by atoms with Crippen LogP contribution in [0, 0.1) is 0 Å². The smallest absolute Gasteiger partial charge is 0.133 e. The topological polar surface area (TPSA) is 46.9 Å². The molecule has 2 saturated heterocycles. The summed E-state index contributed by atoms with van der Waals surface area (Å²) >= 11 is 0. The molecule has 0 bridgehead atoms. The maximum Gasteiger partial charge on any atom is 0.133 e. The molecule has 2 aliphatic rings. The molecule has 2 aliphatic heterocycles. The Balaban J connectivity index is 1.47. The van der Waals surface area contributed by atoms with Crippen LogP contribution < -0.4 is 5.32 Å². The second-order valence-electron chi connectivity index (χ2n) is 6.26. The van der Waals surface area contributed by atoms with Gasteiger partial charge >= 0.3 is 0 Å². The number of fused-ring (bicyclic) bond motifs is 1. The number of rotatable bonds is 2. The highest BCUT2D eigenvalue weighted by molar-refractivity contribution is 5.77. The van der Waals surface area contributed by atoms with E-state index in [4.69, 9.17) is 13.9 Å². The third kappa shape index (κ3) is 2.90. The molecule has 1 aromatic carbocycles. The molecular weight excluding hydrogens is 280 g/mol. The highest BCUT2D eigenvalue weighted by atomic mass is 16.5. The monoisotopic (exact) mass is 302 g/mol. The second kappa shape index (κ2) is 6.01. The van der Waals surface area contributed by atoms with Gasteiger partial charge in [0.25, 0.3) is 0 Å². The van der Waals surface area contributed by atoms with Gasteiger partial charge in [-0.1, -0.05) is 6.07 Å². The number of nitrogens with zero attached hydrogens (tertiary/aromatic N) is 1. The molecular formula is C17H22N2O3. The number of furan rings is 1. The zero-order chi connectivity index (χ0) is 14.8. The summed E-state index contributed by atoms with van der Waals surface area (Å²) in [6.45, 7) is 6.78. The van der Waals surface area contributed by atoms with Gasteiger partial charge in [-0.05, 0) is 23.8 Å². The Labute approximate surface area is 130 Å². The summed E-state index contributed by atoms with van der Waals surface area (Å²) < 4.78 is 17.2. The molecule has 1 N–H and O–H groups in total. The van der Waals surface area contributed by atoms with Crippen molar-refractivity contribution in [2.45, 2.75) is 12.1 Å². The molecule has 5 nitrogen and oxygen atoms in total. The van der Waals surface area contributed by atoms with Gasteiger partial charge in [0.05, 0.1) is 26.1 Å². The van der Waals surface area contributed by atoms with Crippen molar-refractivity contribution in [3.05, 3.63) is 36.1 Å². The minimum absolute atomic E-state index is 0.200. The van der Waals surface area contributed by atoms with Crippen LogP contribution >= 0.6 is 0 Å². The summed E-state index contributed by atoms with van der Waals surface area (Å²) in [5.74, 6) is 0. The molecule has 22 heavy (non-hydrogen) atoms. The van der Waals surface area contributed by atoms with E-state index in [1.165, 1.54) is 10.9 Å². The third-order valence-corrected chi connectivity index (χ3v) is 4.49. The molecule has 2 fully saturated rings. The molecule has 0 amide bonds. The predicted molar refractivity (Wildman–Crippen MR) is 83.9 cm³/mol. The van der Waals surface area contributed by atoms with Crippen molar-refractivity contribution >= 4 is 11.0 Å². The second-order valence-corrected chi connectivity index (χ2v) is 6.26. The summed E-state index contributed by atoms with van der Waals surface area (Å²) in [4.78, 5) is 2.46. The van der Waals surface area contributed by atoms with Crippen molar-refractivity contribution in [1.82, 2.24) is 10.2 Å². The Kier molecular flexibility index (Phi) is 3.88. The van der Waals surface area contributed by atoms with E-state index in [1.807, 2.05) is 6.07 Å². The molecule has 0 saturated carbocycles. The van der Waals surface area contributed by atoms with Gasteiger partial charge in [-0.3, -0.25) is 4.90 Å². The van der Waals surface area contributed by atoms with Crippen LogP contribution in [0.5, 0.6) is 0 Å². The first kappa shape index (κ1) is 14.2. The SMILES string of the molecule is c1cc2cc(CN3CCO[C@@]4(CNCCOC4)C3)ccc2o1. The van der Waals surface area contributed by atoms with Gasteiger partial charge in [-0.25, -0.2) is 0 Å². The molecule has 3 heterocycles. The van der Waals surface area contributed by atoms with Crippen molar-refractivity contribution < 1.29 is 13.9 Å². The van der Waals surface area contributed by atoms with E-state index in [9.17, 15) is 0 Å². The van der Waals surface area contributed by atoms with Crippen molar-refractivity contribution in [3.8, 4) is 0 Å². The maximum atomic E-state index is 6.07. The number of hydrogen-bond donors (Lipinski definition) is 1. The molecule has 1 spiro atoms. The summed E-state index contributed by atoms with van der Waals surface area (Å²) in [6.07, 6.45) is 1.74. The predicted octanol–water partition coefficient (Wildman–Crippen LogP) is 1.62. The lowest BCUT2D eigenvalue weighted by Gasteiger charge is -2.41. The van der Waals surface area contributed by atoms with Gasteiger partial charge in [-0.2, -0.15) is 0 Å². The molecule has 4 rings (SSSR count). The van der Waals surface area contributed by atoms with Crippen LogP contribution in [-0.2, 0) is 16.0 Å². The Morgan fingerprint density at radius 3 is 3.23 bits per heavy atom. The Morgan fingerprint density at radius 1 is 1.23 bits per heavy atom. The first-order valence-electron chi connectivity index (χ1n) is 7.94. The van der Waals surface area contributed by atoms with E-state index in [1.54, 1.807) is 6.26 Å². The molecule has 2 aromatic rings. The van der Waals surface area contributed by atoms with Crippen LogP contribution in [0.3, 0.4) is 0 Å². The molecule has 118 valence electrons. The largest absolute Gasteiger partial charge is 0.464 e. The molecule has 1 atom stereocenters. The fourth-order valence-electron chi connectivity index (χ4n) is 3.40. The molecule has 5 heteroatoms. The maximum absolute atomic E-state index is 6.07. The fourth-order valence-corrected chi connectivity index (χ4v) is 3.40. The first-order valence-corrected chi connectivity index (χ1v) is 7.94. The van der Waals surface area contributed by atoms with Gasteiger partial charge < -0.3 is 19.2 Å². The highest BCUT2D eigenvalue weighted by Crippen LogP contribution is 2.23. The molecule has 0 radical (unpaired) electrons. The zero-order valence-electron chi connectivity index (χ0n) is 12.7. The molecule has 0 aliphatic carbocycles. The number of hydrogen-bond acceptors (Lipinski definition) is 5. The van der Waals surface area contributed by atoms with E-state index < -0.39 is 0 Å². The van der Waals surface area contributed by atoms with Gasteiger partial charge in [0, 0.05) is 38.1 Å². The van der Waals surface area contributed by atoms with Crippen LogP contribution in [0.15, 0.2) is 34.9 Å². The lowest BCUT2D eigenvalue weighted by molar-refractivity contribution is -0.135. The zero-order valence-corrected chi connectivity index (χ0v) is 12.7. The van der Waals surface area contributed by atoms with Gasteiger partial charge in [0.2, 0.25) is 0 Å². The van der Waals surface area contributed by atoms with Crippen molar-refractivity contribution in [2.24, 2.45) is 0 Å². The average molecular weight is 302 g/mol. The Hall–Kier alpha value is -1.40.